The molecule has 0 bridgehead atoms. The molecule has 3 aromatic heterocycles. The van der Waals surface area contributed by atoms with E-state index in [0.29, 0.717) is 18.5 Å². The summed E-state index contributed by atoms with van der Waals surface area (Å²) in [5.41, 5.74) is 1.83. The molecule has 0 unspecified atom stereocenters. The standard InChI is InChI=1S/C21H24N8O2S/c1-14(2)19-24-21(31-25-19)28-9-7-15(8-10-28)20-23-16(12-32-20)11-30-18-5-3-17(4-6-18)29-13-22-26-27-29/h3-6,12-15H,7-11H2,1-2H3. The van der Waals surface area contributed by atoms with Gasteiger partial charge in [-0.3, -0.25) is 0 Å². The first-order valence-corrected chi connectivity index (χ1v) is 11.5. The Hall–Kier alpha value is -3.34. The van der Waals surface area contributed by atoms with Gasteiger partial charge in [-0.2, -0.15) is 4.98 Å². The van der Waals surface area contributed by atoms with Crippen LogP contribution in [-0.4, -0.2) is 48.4 Å². The minimum atomic E-state index is 0.268. The van der Waals surface area contributed by atoms with E-state index in [0.717, 1.165) is 48.9 Å². The predicted octanol–water partition coefficient (Wildman–Crippen LogP) is 3.59. The van der Waals surface area contributed by atoms with Gasteiger partial charge in [0.2, 0.25) is 0 Å². The second-order valence-electron chi connectivity index (χ2n) is 8.07. The number of tetrazole rings is 1. The summed E-state index contributed by atoms with van der Waals surface area (Å²) in [5, 5.41) is 18.5. The first-order chi connectivity index (χ1) is 15.7. The van der Waals surface area contributed by atoms with E-state index >= 15 is 0 Å². The number of hydrogen-bond acceptors (Lipinski definition) is 10. The van der Waals surface area contributed by atoms with Crippen LogP contribution in [0.15, 0.2) is 40.5 Å². The first-order valence-electron chi connectivity index (χ1n) is 10.6. The summed E-state index contributed by atoms with van der Waals surface area (Å²) in [7, 11) is 0. The number of piperidine rings is 1. The molecule has 1 aliphatic heterocycles. The Morgan fingerprint density at radius 3 is 2.66 bits per heavy atom. The molecule has 0 N–H and O–H groups in total. The first kappa shape index (κ1) is 20.6. The Balaban J connectivity index is 1.13. The summed E-state index contributed by atoms with van der Waals surface area (Å²) in [6.07, 6.45) is 3.60. The van der Waals surface area contributed by atoms with Crippen molar-refractivity contribution >= 4 is 17.4 Å². The molecule has 1 fully saturated rings. The summed E-state index contributed by atoms with van der Waals surface area (Å²) in [6, 6.07) is 8.27. The molecule has 0 radical (unpaired) electrons. The summed E-state index contributed by atoms with van der Waals surface area (Å²) in [5.74, 6) is 2.26. The number of rotatable bonds is 7. The van der Waals surface area contributed by atoms with Gasteiger partial charge in [0.05, 0.1) is 16.4 Å². The number of benzene rings is 1. The second-order valence-corrected chi connectivity index (χ2v) is 8.95. The molecule has 0 atom stereocenters. The number of nitrogens with zero attached hydrogens (tertiary/aromatic N) is 8. The zero-order valence-corrected chi connectivity index (χ0v) is 18.8. The maximum atomic E-state index is 5.91. The van der Waals surface area contributed by atoms with Gasteiger partial charge in [0, 0.05) is 30.3 Å². The van der Waals surface area contributed by atoms with Crippen molar-refractivity contribution in [1.29, 1.82) is 0 Å². The zero-order chi connectivity index (χ0) is 21.9. The average molecular weight is 453 g/mol. The van der Waals surface area contributed by atoms with Crippen molar-refractivity contribution in [3.63, 3.8) is 0 Å². The lowest BCUT2D eigenvalue weighted by atomic mass is 9.98. The Bertz CT molecular complexity index is 1130. The maximum Gasteiger partial charge on any atom is 0.324 e. The number of aromatic nitrogens is 7. The highest BCUT2D eigenvalue weighted by atomic mass is 32.1. The topological polar surface area (TPSA) is 108 Å². The highest BCUT2D eigenvalue weighted by Gasteiger charge is 2.26. The molecular weight excluding hydrogens is 428 g/mol. The molecular formula is C21H24N8O2S. The molecule has 10 nitrogen and oxygen atoms in total. The maximum absolute atomic E-state index is 5.91. The molecule has 4 heterocycles. The van der Waals surface area contributed by atoms with E-state index in [-0.39, 0.29) is 5.92 Å². The molecule has 1 aliphatic rings. The third-order valence-electron chi connectivity index (χ3n) is 5.47. The van der Waals surface area contributed by atoms with Crippen LogP contribution in [0.3, 0.4) is 0 Å². The summed E-state index contributed by atoms with van der Waals surface area (Å²) < 4.78 is 12.9. The lowest BCUT2D eigenvalue weighted by molar-refractivity contribution is 0.301. The fraction of sp³-hybridized carbons (Fsp3) is 0.429. The van der Waals surface area contributed by atoms with Crippen molar-refractivity contribution in [2.45, 2.75) is 45.1 Å². The van der Waals surface area contributed by atoms with Crippen LogP contribution in [0.5, 0.6) is 5.75 Å². The van der Waals surface area contributed by atoms with Crippen LogP contribution in [0.2, 0.25) is 0 Å². The van der Waals surface area contributed by atoms with E-state index in [1.54, 1.807) is 22.3 Å². The Kier molecular flexibility index (Phi) is 5.80. The molecule has 1 aromatic carbocycles. The van der Waals surface area contributed by atoms with Crippen molar-refractivity contribution in [2.75, 3.05) is 18.0 Å². The zero-order valence-electron chi connectivity index (χ0n) is 18.0. The third kappa shape index (κ3) is 4.47. The highest BCUT2D eigenvalue weighted by molar-refractivity contribution is 7.09. The number of anilines is 1. The van der Waals surface area contributed by atoms with Crippen LogP contribution in [0.25, 0.3) is 5.69 Å². The van der Waals surface area contributed by atoms with Crippen molar-refractivity contribution < 1.29 is 9.26 Å². The Morgan fingerprint density at radius 2 is 1.97 bits per heavy atom. The summed E-state index contributed by atoms with van der Waals surface area (Å²) in [4.78, 5) is 11.5. The van der Waals surface area contributed by atoms with Crippen LogP contribution in [0.4, 0.5) is 6.01 Å². The predicted molar refractivity (Wildman–Crippen MR) is 118 cm³/mol. The van der Waals surface area contributed by atoms with Crippen LogP contribution in [0, 0.1) is 0 Å². The average Bonchev–Trinajstić information content (AvgIpc) is 3.60. The summed E-state index contributed by atoms with van der Waals surface area (Å²) >= 11 is 1.71. The largest absolute Gasteiger partial charge is 0.487 e. The molecule has 1 saturated heterocycles. The van der Waals surface area contributed by atoms with Gasteiger partial charge in [0.1, 0.15) is 18.7 Å². The third-order valence-corrected chi connectivity index (χ3v) is 6.52. The van der Waals surface area contributed by atoms with Crippen molar-refractivity contribution in [3.05, 3.63) is 52.5 Å². The van der Waals surface area contributed by atoms with Gasteiger partial charge in [-0.25, -0.2) is 9.67 Å². The van der Waals surface area contributed by atoms with Gasteiger partial charge < -0.3 is 14.2 Å². The molecule has 0 aliphatic carbocycles. The van der Waals surface area contributed by atoms with Crippen molar-refractivity contribution in [3.8, 4) is 11.4 Å². The van der Waals surface area contributed by atoms with Gasteiger partial charge in [0.25, 0.3) is 0 Å². The molecule has 4 aromatic rings. The fourth-order valence-corrected chi connectivity index (χ4v) is 4.59. The lowest BCUT2D eigenvalue weighted by Crippen LogP contribution is -2.33. The molecule has 5 rings (SSSR count). The quantitative estimate of drug-likeness (QED) is 0.415. The molecule has 0 saturated carbocycles. The highest BCUT2D eigenvalue weighted by Crippen LogP contribution is 2.32. The number of hydrogen-bond donors (Lipinski definition) is 0. The van der Waals surface area contributed by atoms with E-state index in [1.165, 1.54) is 5.01 Å². The van der Waals surface area contributed by atoms with Gasteiger partial charge in [-0.15, -0.1) is 16.4 Å². The normalized spacial score (nSPS) is 14.9. The molecule has 11 heteroatoms. The van der Waals surface area contributed by atoms with Crippen LogP contribution < -0.4 is 9.64 Å². The minimum absolute atomic E-state index is 0.268. The summed E-state index contributed by atoms with van der Waals surface area (Å²) in [6.45, 7) is 6.36. The van der Waals surface area contributed by atoms with E-state index in [2.05, 4.69) is 49.8 Å². The van der Waals surface area contributed by atoms with Crippen LogP contribution in [0.1, 0.15) is 55.1 Å². The second kappa shape index (κ2) is 9.03. The lowest BCUT2D eigenvalue weighted by Gasteiger charge is -2.29. The Labute approximate surface area is 189 Å². The Morgan fingerprint density at radius 1 is 1.16 bits per heavy atom. The van der Waals surface area contributed by atoms with Crippen molar-refractivity contribution in [1.82, 2.24) is 35.3 Å². The minimum Gasteiger partial charge on any atom is -0.487 e. The van der Waals surface area contributed by atoms with Crippen LogP contribution in [-0.2, 0) is 6.61 Å². The molecule has 0 spiro atoms. The van der Waals surface area contributed by atoms with Gasteiger partial charge in [-0.1, -0.05) is 19.0 Å². The fourth-order valence-electron chi connectivity index (χ4n) is 3.62. The van der Waals surface area contributed by atoms with E-state index in [4.69, 9.17) is 14.2 Å². The number of thiazole rings is 1. The molecule has 166 valence electrons. The van der Waals surface area contributed by atoms with Crippen molar-refractivity contribution in [2.24, 2.45) is 0 Å². The van der Waals surface area contributed by atoms with Crippen LogP contribution >= 0.6 is 11.3 Å². The van der Waals surface area contributed by atoms with E-state index < -0.39 is 0 Å². The molecule has 0 amide bonds. The SMILES string of the molecule is CC(C)c1noc(N2CCC(c3nc(COc4ccc(-n5cnnn5)cc4)cs3)CC2)n1. The van der Waals surface area contributed by atoms with E-state index in [1.807, 2.05) is 24.3 Å². The van der Waals surface area contributed by atoms with Gasteiger partial charge >= 0.3 is 6.01 Å². The number of ether oxygens (including phenoxy) is 1. The smallest absolute Gasteiger partial charge is 0.324 e. The van der Waals surface area contributed by atoms with E-state index in [9.17, 15) is 0 Å². The van der Waals surface area contributed by atoms with Gasteiger partial charge in [-0.05, 0) is 47.5 Å². The monoisotopic (exact) mass is 452 g/mol. The molecule has 32 heavy (non-hydrogen) atoms. The van der Waals surface area contributed by atoms with Gasteiger partial charge in [0.15, 0.2) is 5.82 Å².